The third kappa shape index (κ3) is 4.22. The first-order valence-corrected chi connectivity index (χ1v) is 7.78. The van der Waals surface area contributed by atoms with E-state index in [-0.39, 0.29) is 17.6 Å². The predicted octanol–water partition coefficient (Wildman–Crippen LogP) is 1.29. The van der Waals surface area contributed by atoms with Crippen LogP contribution < -0.4 is 10.9 Å². The van der Waals surface area contributed by atoms with Gasteiger partial charge >= 0.3 is 0 Å². The maximum atomic E-state index is 11.6. The van der Waals surface area contributed by atoms with Gasteiger partial charge in [-0.25, -0.2) is 0 Å². The van der Waals surface area contributed by atoms with E-state index >= 15 is 0 Å². The average molecular weight is 335 g/mol. The van der Waals surface area contributed by atoms with Gasteiger partial charge in [-0.3, -0.25) is 25.0 Å². The first-order chi connectivity index (χ1) is 11.0. The highest BCUT2D eigenvalue weighted by molar-refractivity contribution is 7.99. The van der Waals surface area contributed by atoms with Crippen molar-refractivity contribution < 1.29 is 14.0 Å². The van der Waals surface area contributed by atoms with Crippen molar-refractivity contribution in [3.8, 4) is 11.4 Å². The predicted molar refractivity (Wildman–Crippen MR) is 85.3 cm³/mol. The Kier molecular flexibility index (Phi) is 5.58. The zero-order chi connectivity index (χ0) is 16.8. The molecule has 0 bridgehead atoms. The molecule has 0 radical (unpaired) electrons. The second kappa shape index (κ2) is 7.63. The van der Waals surface area contributed by atoms with Gasteiger partial charge in [0, 0.05) is 13.5 Å². The summed E-state index contributed by atoms with van der Waals surface area (Å²) in [5.74, 6) is 0.818. The Bertz CT molecular complexity index is 722. The number of hydrogen-bond donors (Lipinski definition) is 2. The van der Waals surface area contributed by atoms with Crippen LogP contribution in [0.5, 0.6) is 0 Å². The number of carbonyl (C=O) groups excluding carboxylic acids is 2. The van der Waals surface area contributed by atoms with Crippen molar-refractivity contribution in [2.45, 2.75) is 25.5 Å². The molecule has 0 spiro atoms. The fraction of sp³-hybridized carbons (Fsp3) is 0.286. The van der Waals surface area contributed by atoms with E-state index in [1.807, 2.05) is 17.6 Å². The van der Waals surface area contributed by atoms with Gasteiger partial charge in [-0.15, -0.1) is 16.8 Å². The lowest BCUT2D eigenvalue weighted by Gasteiger charge is -2.07. The lowest BCUT2D eigenvalue weighted by molar-refractivity contribution is -0.126. The molecule has 2 aromatic rings. The average Bonchev–Trinajstić information content (AvgIpc) is 3.09. The second-order valence-electron chi connectivity index (χ2n) is 4.61. The summed E-state index contributed by atoms with van der Waals surface area (Å²) in [6.45, 7) is 7.39. The molecule has 0 saturated carbocycles. The normalized spacial score (nSPS) is 10.3. The van der Waals surface area contributed by atoms with Crippen LogP contribution in [0.25, 0.3) is 11.4 Å². The van der Waals surface area contributed by atoms with E-state index in [0.29, 0.717) is 17.5 Å². The van der Waals surface area contributed by atoms with E-state index in [2.05, 4.69) is 27.6 Å². The van der Waals surface area contributed by atoms with Crippen LogP contribution in [0.3, 0.4) is 0 Å². The Labute approximate surface area is 137 Å². The maximum absolute atomic E-state index is 11.6. The fourth-order valence-corrected chi connectivity index (χ4v) is 2.58. The number of aryl methyl sites for hydroxylation is 1. The molecule has 9 heteroatoms. The molecule has 2 amide bonds. The van der Waals surface area contributed by atoms with E-state index in [1.54, 1.807) is 12.3 Å². The van der Waals surface area contributed by atoms with Crippen molar-refractivity contribution in [3.63, 3.8) is 0 Å². The standard InChI is InChI=1S/C14H17N5O3S/c1-4-6-19-13(11-5-7-22-9(11)2)17-18-14(19)23-8-12(21)16-15-10(3)20/h4-5,7H,1,6,8H2,2-3H3,(H,15,20)(H,16,21). The number of hydrazine groups is 1. The highest BCUT2D eigenvalue weighted by Crippen LogP contribution is 2.26. The van der Waals surface area contributed by atoms with E-state index < -0.39 is 0 Å². The zero-order valence-electron chi connectivity index (χ0n) is 12.8. The Balaban J connectivity index is 2.12. The van der Waals surface area contributed by atoms with Gasteiger partial charge in [-0.1, -0.05) is 17.8 Å². The first-order valence-electron chi connectivity index (χ1n) is 6.79. The number of allylic oxidation sites excluding steroid dienone is 1. The Morgan fingerprint density at radius 3 is 2.83 bits per heavy atom. The third-order valence-corrected chi connectivity index (χ3v) is 3.81. The van der Waals surface area contributed by atoms with Gasteiger partial charge < -0.3 is 4.42 Å². The Hall–Kier alpha value is -2.55. The van der Waals surface area contributed by atoms with E-state index in [1.165, 1.54) is 18.7 Å². The molecule has 0 atom stereocenters. The molecular weight excluding hydrogens is 318 g/mol. The summed E-state index contributed by atoms with van der Waals surface area (Å²) >= 11 is 1.22. The Morgan fingerprint density at radius 1 is 1.43 bits per heavy atom. The molecular formula is C14H17N5O3S. The highest BCUT2D eigenvalue weighted by atomic mass is 32.2. The van der Waals surface area contributed by atoms with E-state index in [9.17, 15) is 9.59 Å². The second-order valence-corrected chi connectivity index (χ2v) is 5.56. The van der Waals surface area contributed by atoms with Crippen molar-refractivity contribution in [1.29, 1.82) is 0 Å². The monoisotopic (exact) mass is 335 g/mol. The van der Waals surface area contributed by atoms with Crippen LogP contribution in [-0.2, 0) is 16.1 Å². The summed E-state index contributed by atoms with van der Waals surface area (Å²) in [5.41, 5.74) is 5.37. The van der Waals surface area contributed by atoms with Gasteiger partial charge in [0.15, 0.2) is 11.0 Å². The molecule has 122 valence electrons. The lowest BCUT2D eigenvalue weighted by atomic mass is 10.2. The molecule has 2 rings (SSSR count). The smallest absolute Gasteiger partial charge is 0.248 e. The summed E-state index contributed by atoms with van der Waals surface area (Å²) in [6, 6.07) is 1.82. The zero-order valence-corrected chi connectivity index (χ0v) is 13.6. The molecule has 0 aliphatic rings. The van der Waals surface area contributed by atoms with Crippen molar-refractivity contribution in [1.82, 2.24) is 25.6 Å². The fourth-order valence-electron chi connectivity index (χ4n) is 1.83. The first kappa shape index (κ1) is 16.8. The largest absolute Gasteiger partial charge is 0.469 e. The molecule has 0 aromatic carbocycles. The number of rotatable bonds is 6. The van der Waals surface area contributed by atoms with Crippen LogP contribution in [-0.4, -0.2) is 32.3 Å². The molecule has 2 heterocycles. The van der Waals surface area contributed by atoms with E-state index in [4.69, 9.17) is 4.42 Å². The van der Waals surface area contributed by atoms with Gasteiger partial charge in [-0.2, -0.15) is 0 Å². The third-order valence-electron chi connectivity index (χ3n) is 2.84. The molecule has 0 fully saturated rings. The number of thioether (sulfide) groups is 1. The van der Waals surface area contributed by atoms with Gasteiger partial charge in [0.25, 0.3) is 0 Å². The molecule has 0 saturated heterocycles. The van der Waals surface area contributed by atoms with Crippen LogP contribution in [0.2, 0.25) is 0 Å². The molecule has 2 N–H and O–H groups in total. The summed E-state index contributed by atoms with van der Waals surface area (Å²) in [7, 11) is 0. The molecule has 2 aromatic heterocycles. The Morgan fingerprint density at radius 2 is 2.22 bits per heavy atom. The quantitative estimate of drug-likeness (QED) is 0.468. The van der Waals surface area contributed by atoms with Crippen molar-refractivity contribution >= 4 is 23.6 Å². The van der Waals surface area contributed by atoms with Crippen LogP contribution in [0.4, 0.5) is 0 Å². The summed E-state index contributed by atoms with van der Waals surface area (Å²) in [6.07, 6.45) is 3.31. The van der Waals surface area contributed by atoms with E-state index in [0.717, 1.165) is 11.3 Å². The summed E-state index contributed by atoms with van der Waals surface area (Å²) in [4.78, 5) is 22.4. The summed E-state index contributed by atoms with van der Waals surface area (Å²) < 4.78 is 7.14. The van der Waals surface area contributed by atoms with Gasteiger partial charge in [-0.05, 0) is 13.0 Å². The van der Waals surface area contributed by atoms with Gasteiger partial charge in [0.05, 0.1) is 17.6 Å². The van der Waals surface area contributed by atoms with Crippen molar-refractivity contribution in [3.05, 3.63) is 30.7 Å². The minimum absolute atomic E-state index is 0.0971. The molecule has 23 heavy (non-hydrogen) atoms. The number of furan rings is 1. The number of nitrogens with zero attached hydrogens (tertiary/aromatic N) is 3. The number of aromatic nitrogens is 3. The minimum atomic E-state index is -0.337. The van der Waals surface area contributed by atoms with Gasteiger partial charge in [0.1, 0.15) is 5.76 Å². The van der Waals surface area contributed by atoms with Crippen LogP contribution in [0, 0.1) is 6.92 Å². The molecule has 8 nitrogen and oxygen atoms in total. The topological polar surface area (TPSA) is 102 Å². The maximum Gasteiger partial charge on any atom is 0.248 e. The highest BCUT2D eigenvalue weighted by Gasteiger charge is 2.17. The molecule has 0 unspecified atom stereocenters. The number of hydrogen-bond acceptors (Lipinski definition) is 6. The molecule has 0 aliphatic heterocycles. The van der Waals surface area contributed by atoms with Gasteiger partial charge in [0.2, 0.25) is 11.8 Å². The lowest BCUT2D eigenvalue weighted by Crippen LogP contribution is -2.41. The van der Waals surface area contributed by atoms with Crippen LogP contribution >= 0.6 is 11.8 Å². The molecule has 0 aliphatic carbocycles. The van der Waals surface area contributed by atoms with Crippen molar-refractivity contribution in [2.24, 2.45) is 0 Å². The minimum Gasteiger partial charge on any atom is -0.469 e. The van der Waals surface area contributed by atoms with Crippen molar-refractivity contribution in [2.75, 3.05) is 5.75 Å². The number of nitrogens with one attached hydrogen (secondary N) is 2. The summed E-state index contributed by atoms with van der Waals surface area (Å²) in [5, 5.41) is 8.87. The number of amides is 2. The SMILES string of the molecule is C=CCn1c(SCC(=O)NNC(C)=O)nnc1-c1ccoc1C. The number of carbonyl (C=O) groups is 2. The van der Waals surface area contributed by atoms with Crippen LogP contribution in [0.15, 0.2) is 34.6 Å². The van der Waals surface area contributed by atoms with Crippen LogP contribution in [0.1, 0.15) is 12.7 Å².